The molecule has 6 aromatic carbocycles. The van der Waals surface area contributed by atoms with Crippen molar-refractivity contribution in [2.75, 3.05) is 4.90 Å². The van der Waals surface area contributed by atoms with E-state index >= 15 is 0 Å². The third kappa shape index (κ3) is 3.61. The number of oxazole rings is 1. The molecule has 4 heteroatoms. The standard InChI is InChI=1S/C40H29N3O/c1-40(2)31-15-9-10-16-35(31)43(28-13-7-4-8-14-28)36-22-18-27(24-32(36)40)26-17-20-33-30(23-26)29-19-21-34-38(37(29)41-33)44-39(42-34)25-11-5-3-6-12-25/h3-24,41H,1-2H3. The van der Waals surface area contributed by atoms with Crippen molar-refractivity contribution in [2.24, 2.45) is 0 Å². The molecular weight excluding hydrogens is 538 g/mol. The lowest BCUT2D eigenvalue weighted by Crippen LogP contribution is -2.30. The number of benzene rings is 6. The maximum atomic E-state index is 6.33. The van der Waals surface area contributed by atoms with Gasteiger partial charge in [-0.15, -0.1) is 0 Å². The predicted octanol–water partition coefficient (Wildman–Crippen LogP) is 10.9. The Morgan fingerprint density at radius 1 is 0.614 bits per heavy atom. The SMILES string of the molecule is CC1(C)c2ccccc2N(c2ccccc2)c2ccc(-c3ccc4[nH]c5c(ccc6nc(-c7ccccc7)oc65)c4c3)cc21. The van der Waals surface area contributed by atoms with Gasteiger partial charge in [-0.1, -0.05) is 80.6 Å². The fourth-order valence-corrected chi connectivity index (χ4v) is 6.97. The van der Waals surface area contributed by atoms with Crippen molar-refractivity contribution in [1.29, 1.82) is 0 Å². The lowest BCUT2D eigenvalue weighted by molar-refractivity contribution is 0.622. The summed E-state index contributed by atoms with van der Waals surface area (Å²) in [6.45, 7) is 4.68. The van der Waals surface area contributed by atoms with Gasteiger partial charge in [-0.2, -0.15) is 0 Å². The maximum absolute atomic E-state index is 6.33. The molecule has 0 spiro atoms. The maximum Gasteiger partial charge on any atom is 0.227 e. The first-order valence-electron chi connectivity index (χ1n) is 15.1. The molecule has 0 unspecified atom stereocenters. The van der Waals surface area contributed by atoms with E-state index in [1.807, 2.05) is 30.3 Å². The van der Waals surface area contributed by atoms with Gasteiger partial charge < -0.3 is 14.3 Å². The van der Waals surface area contributed by atoms with E-state index in [-0.39, 0.29) is 5.41 Å². The monoisotopic (exact) mass is 567 g/mol. The molecule has 0 saturated heterocycles. The average Bonchev–Trinajstić information content (AvgIpc) is 3.67. The molecule has 2 aromatic heterocycles. The molecule has 0 atom stereocenters. The highest BCUT2D eigenvalue weighted by Gasteiger charge is 2.36. The largest absolute Gasteiger partial charge is 0.434 e. The van der Waals surface area contributed by atoms with Gasteiger partial charge in [0.1, 0.15) is 5.52 Å². The fraction of sp³-hybridized carbons (Fsp3) is 0.0750. The van der Waals surface area contributed by atoms with E-state index in [0.29, 0.717) is 5.89 Å². The Morgan fingerprint density at radius 2 is 1.32 bits per heavy atom. The van der Waals surface area contributed by atoms with Gasteiger partial charge in [0.25, 0.3) is 0 Å². The predicted molar refractivity (Wildman–Crippen MR) is 181 cm³/mol. The third-order valence-corrected chi connectivity index (χ3v) is 9.22. The molecule has 4 nitrogen and oxygen atoms in total. The van der Waals surface area contributed by atoms with E-state index in [0.717, 1.165) is 33.1 Å². The molecule has 0 saturated carbocycles. The molecule has 9 rings (SSSR count). The first kappa shape index (κ1) is 24.9. The van der Waals surface area contributed by atoms with Crippen LogP contribution in [0, 0.1) is 0 Å². The summed E-state index contributed by atoms with van der Waals surface area (Å²) in [5.74, 6) is 0.634. The van der Waals surface area contributed by atoms with Crippen LogP contribution in [0.4, 0.5) is 17.1 Å². The second kappa shape index (κ2) is 9.19. The molecule has 1 N–H and O–H groups in total. The molecule has 0 amide bonds. The van der Waals surface area contributed by atoms with Gasteiger partial charge in [0.2, 0.25) is 5.89 Å². The Hall–Kier alpha value is -5.61. The topological polar surface area (TPSA) is 45.1 Å². The van der Waals surface area contributed by atoms with Crippen molar-refractivity contribution in [3.05, 3.63) is 145 Å². The van der Waals surface area contributed by atoms with E-state index < -0.39 is 0 Å². The number of fused-ring (bicyclic) bond motifs is 7. The van der Waals surface area contributed by atoms with Crippen molar-refractivity contribution in [3.8, 4) is 22.6 Å². The van der Waals surface area contributed by atoms with Crippen molar-refractivity contribution in [3.63, 3.8) is 0 Å². The summed E-state index contributed by atoms with van der Waals surface area (Å²) in [5.41, 5.74) is 13.2. The minimum absolute atomic E-state index is 0.160. The summed E-state index contributed by atoms with van der Waals surface area (Å²) in [5, 5.41) is 2.30. The molecule has 3 heterocycles. The highest BCUT2D eigenvalue weighted by molar-refractivity contribution is 6.15. The lowest BCUT2D eigenvalue weighted by Gasteiger charge is -2.42. The number of nitrogens with one attached hydrogen (secondary N) is 1. The molecular formula is C40H29N3O. The Balaban J connectivity index is 1.19. The van der Waals surface area contributed by atoms with Crippen LogP contribution in [-0.2, 0) is 5.41 Å². The van der Waals surface area contributed by atoms with Gasteiger partial charge in [-0.3, -0.25) is 0 Å². The van der Waals surface area contributed by atoms with Gasteiger partial charge in [0, 0.05) is 33.0 Å². The summed E-state index contributed by atoms with van der Waals surface area (Å²) in [6.07, 6.45) is 0. The van der Waals surface area contributed by atoms with Crippen molar-refractivity contribution in [1.82, 2.24) is 9.97 Å². The number of hydrogen-bond donors (Lipinski definition) is 1. The molecule has 44 heavy (non-hydrogen) atoms. The highest BCUT2D eigenvalue weighted by Crippen LogP contribution is 2.52. The minimum atomic E-state index is -0.160. The second-order valence-electron chi connectivity index (χ2n) is 12.2. The van der Waals surface area contributed by atoms with Gasteiger partial charge in [-0.05, 0) is 89.0 Å². The van der Waals surface area contributed by atoms with E-state index in [1.165, 1.54) is 44.7 Å². The second-order valence-corrected chi connectivity index (χ2v) is 12.2. The van der Waals surface area contributed by atoms with Crippen LogP contribution in [0.25, 0.3) is 55.5 Å². The van der Waals surface area contributed by atoms with Crippen LogP contribution < -0.4 is 4.90 Å². The van der Waals surface area contributed by atoms with Gasteiger partial charge >= 0.3 is 0 Å². The summed E-state index contributed by atoms with van der Waals surface area (Å²) >= 11 is 0. The summed E-state index contributed by atoms with van der Waals surface area (Å²) < 4.78 is 6.33. The van der Waals surface area contributed by atoms with Crippen LogP contribution >= 0.6 is 0 Å². The molecule has 210 valence electrons. The number of H-pyrrole nitrogens is 1. The zero-order valence-electron chi connectivity index (χ0n) is 24.5. The first-order valence-corrected chi connectivity index (χ1v) is 15.1. The van der Waals surface area contributed by atoms with E-state index in [9.17, 15) is 0 Å². The van der Waals surface area contributed by atoms with Gasteiger partial charge in [0.05, 0.1) is 16.9 Å². The molecule has 1 aliphatic heterocycles. The van der Waals surface area contributed by atoms with Crippen LogP contribution in [0.5, 0.6) is 0 Å². The molecule has 8 aromatic rings. The van der Waals surface area contributed by atoms with Crippen molar-refractivity contribution < 1.29 is 4.42 Å². The fourth-order valence-electron chi connectivity index (χ4n) is 6.97. The van der Waals surface area contributed by atoms with E-state index in [4.69, 9.17) is 9.40 Å². The van der Waals surface area contributed by atoms with E-state index in [1.54, 1.807) is 0 Å². The number of para-hydroxylation sites is 2. The Morgan fingerprint density at radius 3 is 2.16 bits per heavy atom. The quantitative estimate of drug-likeness (QED) is 0.231. The molecule has 0 aliphatic carbocycles. The zero-order chi connectivity index (χ0) is 29.4. The lowest BCUT2D eigenvalue weighted by atomic mass is 9.73. The van der Waals surface area contributed by atoms with Crippen LogP contribution in [0.3, 0.4) is 0 Å². The summed E-state index contributed by atoms with van der Waals surface area (Å²) in [4.78, 5) is 10.8. The number of nitrogens with zero attached hydrogens (tertiary/aromatic N) is 2. The number of aromatic nitrogens is 2. The van der Waals surface area contributed by atoms with Crippen LogP contribution in [0.15, 0.2) is 138 Å². The van der Waals surface area contributed by atoms with Crippen molar-refractivity contribution >= 4 is 50.0 Å². The Kier molecular flexibility index (Phi) is 5.21. The summed E-state index contributed by atoms with van der Waals surface area (Å²) in [6, 6.07) is 47.4. The number of rotatable bonds is 3. The normalized spacial score (nSPS) is 13.8. The first-order chi connectivity index (χ1) is 21.6. The Bertz CT molecular complexity index is 2360. The smallest absolute Gasteiger partial charge is 0.227 e. The average molecular weight is 568 g/mol. The zero-order valence-corrected chi connectivity index (χ0v) is 24.5. The molecule has 0 bridgehead atoms. The number of hydrogen-bond acceptors (Lipinski definition) is 3. The van der Waals surface area contributed by atoms with Gasteiger partial charge in [-0.25, -0.2) is 4.98 Å². The van der Waals surface area contributed by atoms with E-state index in [2.05, 4.69) is 127 Å². The third-order valence-electron chi connectivity index (χ3n) is 9.22. The van der Waals surface area contributed by atoms with Gasteiger partial charge in [0.15, 0.2) is 5.58 Å². The molecule has 0 radical (unpaired) electrons. The summed E-state index contributed by atoms with van der Waals surface area (Å²) in [7, 11) is 0. The van der Waals surface area contributed by atoms with Crippen LogP contribution in [0.2, 0.25) is 0 Å². The Labute approximate surface area is 255 Å². The molecule has 0 fully saturated rings. The number of aromatic amines is 1. The molecule has 1 aliphatic rings. The van der Waals surface area contributed by atoms with Crippen molar-refractivity contribution in [2.45, 2.75) is 19.3 Å². The number of anilines is 3. The highest BCUT2D eigenvalue weighted by atomic mass is 16.3. The van der Waals surface area contributed by atoms with Crippen LogP contribution in [-0.4, -0.2) is 9.97 Å². The minimum Gasteiger partial charge on any atom is -0.434 e. The van der Waals surface area contributed by atoms with Crippen LogP contribution in [0.1, 0.15) is 25.0 Å².